The molecule has 0 aromatic heterocycles. The minimum Gasteiger partial charge on any atom is -0.294 e. The lowest BCUT2D eigenvalue weighted by atomic mass is 10.1. The monoisotopic (exact) mass is 170 g/mol. The number of rotatable bonds is 1. The Morgan fingerprint density at radius 1 is 1.33 bits per heavy atom. The van der Waals surface area contributed by atoms with Crippen molar-refractivity contribution < 1.29 is 13.6 Å². The summed E-state index contributed by atoms with van der Waals surface area (Å²) in [7, 11) is 0. The molecule has 64 valence electrons. The summed E-state index contributed by atoms with van der Waals surface area (Å²) in [4.78, 5) is 10.8. The van der Waals surface area contributed by atoms with Crippen LogP contribution in [0.3, 0.4) is 0 Å². The van der Waals surface area contributed by atoms with E-state index >= 15 is 0 Å². The lowest BCUT2D eigenvalue weighted by molar-refractivity contribution is 0.101. The van der Waals surface area contributed by atoms with Gasteiger partial charge in [0.25, 0.3) is 0 Å². The molecule has 0 spiro atoms. The van der Waals surface area contributed by atoms with Gasteiger partial charge in [-0.3, -0.25) is 4.79 Å². The second-order valence-electron chi connectivity index (χ2n) is 2.59. The van der Waals surface area contributed by atoms with Crippen LogP contribution in [0.4, 0.5) is 8.78 Å². The predicted molar refractivity (Wildman–Crippen MR) is 41.1 cm³/mol. The van der Waals surface area contributed by atoms with Crippen molar-refractivity contribution >= 4 is 5.78 Å². The highest BCUT2D eigenvalue weighted by molar-refractivity contribution is 5.95. The first-order chi connectivity index (χ1) is 5.54. The second-order valence-corrected chi connectivity index (χ2v) is 2.59. The molecule has 0 aliphatic carbocycles. The number of ketones is 1. The minimum absolute atomic E-state index is 0.0718. The molecular weight excluding hydrogens is 162 g/mol. The first-order valence-corrected chi connectivity index (χ1v) is 3.49. The maximum atomic E-state index is 12.8. The lowest BCUT2D eigenvalue weighted by Crippen LogP contribution is -2.00. The number of hydrogen-bond acceptors (Lipinski definition) is 1. The third kappa shape index (κ3) is 1.35. The van der Waals surface area contributed by atoms with Gasteiger partial charge in [-0.1, -0.05) is 0 Å². The van der Waals surface area contributed by atoms with Crippen LogP contribution in [-0.2, 0) is 0 Å². The first-order valence-electron chi connectivity index (χ1n) is 3.49. The Hall–Kier alpha value is -1.25. The molecule has 0 unspecified atom stereocenters. The first kappa shape index (κ1) is 8.84. The summed E-state index contributed by atoms with van der Waals surface area (Å²) in [5, 5.41) is 0. The van der Waals surface area contributed by atoms with Crippen molar-refractivity contribution in [2.24, 2.45) is 0 Å². The predicted octanol–water partition coefficient (Wildman–Crippen LogP) is 2.48. The van der Waals surface area contributed by atoms with E-state index in [1.807, 2.05) is 0 Å². The second kappa shape index (κ2) is 3.01. The molecule has 0 N–H and O–H groups in total. The van der Waals surface area contributed by atoms with E-state index in [1.54, 1.807) is 0 Å². The fourth-order valence-corrected chi connectivity index (χ4v) is 1.03. The van der Waals surface area contributed by atoms with Crippen LogP contribution in [0.25, 0.3) is 0 Å². The Morgan fingerprint density at radius 3 is 2.42 bits per heavy atom. The molecule has 0 fully saturated rings. The summed E-state index contributed by atoms with van der Waals surface area (Å²) in [6, 6.07) is 2.25. The van der Waals surface area contributed by atoms with Crippen molar-refractivity contribution in [3.63, 3.8) is 0 Å². The maximum Gasteiger partial charge on any atom is 0.162 e. The molecule has 0 amide bonds. The Kier molecular flexibility index (Phi) is 2.22. The van der Waals surface area contributed by atoms with Crippen LogP contribution in [0.2, 0.25) is 0 Å². The van der Waals surface area contributed by atoms with Crippen molar-refractivity contribution in [2.45, 2.75) is 13.8 Å². The average Bonchev–Trinajstić information content (AvgIpc) is 2.00. The van der Waals surface area contributed by atoms with Crippen molar-refractivity contribution in [3.8, 4) is 0 Å². The van der Waals surface area contributed by atoms with Crippen molar-refractivity contribution in [1.82, 2.24) is 0 Å². The molecule has 0 aliphatic rings. The van der Waals surface area contributed by atoms with E-state index < -0.39 is 11.6 Å². The molecule has 1 aromatic rings. The normalized spacial score (nSPS) is 10.0. The standard InChI is InChI=1S/C9H8F2O/c1-5-7(6(2)12)3-4-8(10)9(5)11/h3-4H,1-2H3. The number of hydrogen-bond donors (Lipinski definition) is 0. The molecule has 0 saturated carbocycles. The molecule has 1 aromatic carbocycles. The largest absolute Gasteiger partial charge is 0.294 e. The summed E-state index contributed by atoms with van der Waals surface area (Å²) < 4.78 is 25.4. The van der Waals surface area contributed by atoms with E-state index in [4.69, 9.17) is 0 Å². The number of Topliss-reactive ketones (excluding diaryl/α,β-unsaturated/α-hetero) is 1. The zero-order valence-electron chi connectivity index (χ0n) is 6.82. The van der Waals surface area contributed by atoms with Crippen LogP contribution >= 0.6 is 0 Å². The van der Waals surface area contributed by atoms with Crippen LogP contribution in [-0.4, -0.2) is 5.78 Å². The van der Waals surface area contributed by atoms with Gasteiger partial charge in [-0.25, -0.2) is 8.78 Å². The minimum atomic E-state index is -0.942. The molecular formula is C9H8F2O. The Balaban J connectivity index is 3.36. The molecule has 0 atom stereocenters. The molecule has 3 heteroatoms. The summed E-state index contributed by atoms with van der Waals surface area (Å²) >= 11 is 0. The summed E-state index contributed by atoms with van der Waals surface area (Å²) in [5.74, 6) is -2.12. The molecule has 0 radical (unpaired) electrons. The fourth-order valence-electron chi connectivity index (χ4n) is 1.03. The highest BCUT2D eigenvalue weighted by Crippen LogP contribution is 2.15. The van der Waals surface area contributed by atoms with Crippen LogP contribution in [0.5, 0.6) is 0 Å². The van der Waals surface area contributed by atoms with Crippen molar-refractivity contribution in [1.29, 1.82) is 0 Å². The van der Waals surface area contributed by atoms with Gasteiger partial charge in [-0.05, 0) is 31.5 Å². The van der Waals surface area contributed by atoms with E-state index in [2.05, 4.69) is 0 Å². The lowest BCUT2D eigenvalue weighted by Gasteiger charge is -2.02. The van der Waals surface area contributed by atoms with Crippen molar-refractivity contribution in [2.75, 3.05) is 0 Å². The van der Waals surface area contributed by atoms with E-state index in [0.717, 1.165) is 6.07 Å². The van der Waals surface area contributed by atoms with Gasteiger partial charge in [-0.2, -0.15) is 0 Å². The van der Waals surface area contributed by atoms with Gasteiger partial charge < -0.3 is 0 Å². The van der Waals surface area contributed by atoms with Crippen LogP contribution < -0.4 is 0 Å². The number of carbonyl (C=O) groups is 1. The SMILES string of the molecule is CC(=O)c1ccc(F)c(F)c1C. The molecule has 1 rings (SSSR count). The van der Waals surface area contributed by atoms with E-state index in [1.165, 1.54) is 19.9 Å². The van der Waals surface area contributed by atoms with Crippen LogP contribution in [0.1, 0.15) is 22.8 Å². The van der Waals surface area contributed by atoms with Crippen molar-refractivity contribution in [3.05, 3.63) is 34.9 Å². The smallest absolute Gasteiger partial charge is 0.162 e. The van der Waals surface area contributed by atoms with Gasteiger partial charge in [0.1, 0.15) is 0 Å². The Bertz CT molecular complexity index is 332. The molecule has 0 bridgehead atoms. The van der Waals surface area contributed by atoms with Gasteiger partial charge in [-0.15, -0.1) is 0 Å². The van der Waals surface area contributed by atoms with E-state index in [9.17, 15) is 13.6 Å². The number of carbonyl (C=O) groups excluding carboxylic acids is 1. The molecule has 0 aliphatic heterocycles. The molecule has 0 heterocycles. The zero-order valence-corrected chi connectivity index (χ0v) is 6.82. The van der Waals surface area contributed by atoms with Gasteiger partial charge in [0, 0.05) is 5.56 Å². The number of halogens is 2. The third-order valence-corrected chi connectivity index (χ3v) is 1.72. The summed E-state index contributed by atoms with van der Waals surface area (Å²) in [6.07, 6.45) is 0. The Morgan fingerprint density at radius 2 is 1.92 bits per heavy atom. The molecule has 12 heavy (non-hydrogen) atoms. The highest BCUT2D eigenvalue weighted by atomic mass is 19.2. The van der Waals surface area contributed by atoms with Gasteiger partial charge in [0.2, 0.25) is 0 Å². The summed E-state index contributed by atoms with van der Waals surface area (Å²) in [5.41, 5.74) is 0.302. The Labute approximate surface area is 69.0 Å². The van der Waals surface area contributed by atoms with Gasteiger partial charge in [0.05, 0.1) is 0 Å². The molecule has 0 saturated heterocycles. The average molecular weight is 170 g/mol. The third-order valence-electron chi connectivity index (χ3n) is 1.72. The van der Waals surface area contributed by atoms with E-state index in [0.29, 0.717) is 0 Å². The van der Waals surface area contributed by atoms with Crippen LogP contribution in [0, 0.1) is 18.6 Å². The quantitative estimate of drug-likeness (QED) is 0.592. The van der Waals surface area contributed by atoms with Gasteiger partial charge in [0.15, 0.2) is 17.4 Å². The highest BCUT2D eigenvalue weighted by Gasteiger charge is 2.11. The molecule has 1 nitrogen and oxygen atoms in total. The summed E-state index contributed by atoms with van der Waals surface area (Å²) in [6.45, 7) is 2.70. The van der Waals surface area contributed by atoms with Gasteiger partial charge >= 0.3 is 0 Å². The van der Waals surface area contributed by atoms with E-state index in [-0.39, 0.29) is 16.9 Å². The fraction of sp³-hybridized carbons (Fsp3) is 0.222. The number of benzene rings is 1. The maximum absolute atomic E-state index is 12.8. The van der Waals surface area contributed by atoms with Crippen LogP contribution in [0.15, 0.2) is 12.1 Å². The zero-order chi connectivity index (χ0) is 9.30. The topological polar surface area (TPSA) is 17.1 Å².